The third kappa shape index (κ3) is 2.97. The van der Waals surface area contributed by atoms with E-state index in [-0.39, 0.29) is 24.3 Å². The Hall–Kier alpha value is -1.10. The first-order valence-electron chi connectivity index (χ1n) is 6.41. The molecule has 1 amide bonds. The number of carboxylic acids is 1. The summed E-state index contributed by atoms with van der Waals surface area (Å²) < 4.78 is 0. The van der Waals surface area contributed by atoms with Gasteiger partial charge in [0.25, 0.3) is 0 Å². The van der Waals surface area contributed by atoms with Gasteiger partial charge in [-0.05, 0) is 32.2 Å². The normalized spacial score (nSPS) is 29.3. The smallest absolute Gasteiger partial charge is 0.305 e. The number of rotatable bonds is 3. The number of amides is 1. The second kappa shape index (κ2) is 5.49. The number of aliphatic carboxylic acids is 1. The van der Waals surface area contributed by atoms with Gasteiger partial charge in [-0.15, -0.1) is 0 Å². The molecule has 0 radical (unpaired) electrons. The molecule has 0 saturated carbocycles. The Morgan fingerprint density at radius 2 is 2.12 bits per heavy atom. The van der Waals surface area contributed by atoms with Gasteiger partial charge in [-0.2, -0.15) is 0 Å². The van der Waals surface area contributed by atoms with E-state index in [1.807, 2.05) is 0 Å². The average molecular weight is 240 g/mol. The first-order valence-corrected chi connectivity index (χ1v) is 6.41. The Bertz CT molecular complexity index is 300. The zero-order valence-corrected chi connectivity index (χ0v) is 10.0. The summed E-state index contributed by atoms with van der Waals surface area (Å²) in [6, 6.07) is -0.0815. The summed E-state index contributed by atoms with van der Waals surface area (Å²) in [4.78, 5) is 24.8. The molecule has 0 aliphatic carbocycles. The Kier molecular flexibility index (Phi) is 3.99. The maximum absolute atomic E-state index is 12.3. The van der Waals surface area contributed by atoms with E-state index in [9.17, 15) is 9.59 Å². The number of carbonyl (C=O) groups is 2. The van der Waals surface area contributed by atoms with E-state index in [0.29, 0.717) is 0 Å². The van der Waals surface area contributed by atoms with Crippen LogP contribution in [0.25, 0.3) is 0 Å². The van der Waals surface area contributed by atoms with Crippen LogP contribution >= 0.6 is 0 Å². The molecule has 2 atom stereocenters. The summed E-state index contributed by atoms with van der Waals surface area (Å²) >= 11 is 0. The highest BCUT2D eigenvalue weighted by Crippen LogP contribution is 2.24. The number of nitrogens with zero attached hydrogens (tertiary/aromatic N) is 1. The number of nitrogens with one attached hydrogen (secondary N) is 1. The summed E-state index contributed by atoms with van der Waals surface area (Å²) in [5.41, 5.74) is 0. The van der Waals surface area contributed by atoms with Gasteiger partial charge >= 0.3 is 5.97 Å². The fourth-order valence-corrected chi connectivity index (χ4v) is 2.84. The van der Waals surface area contributed by atoms with E-state index in [2.05, 4.69) is 5.32 Å². The second-order valence-electron chi connectivity index (χ2n) is 4.97. The quantitative estimate of drug-likeness (QED) is 0.751. The minimum absolute atomic E-state index is 0.0538. The number of carbonyl (C=O) groups excluding carboxylic acids is 1. The summed E-state index contributed by atoms with van der Waals surface area (Å²) in [5, 5.41) is 12.1. The Morgan fingerprint density at radius 3 is 2.76 bits per heavy atom. The highest BCUT2D eigenvalue weighted by atomic mass is 16.4. The fourth-order valence-electron chi connectivity index (χ4n) is 2.84. The monoisotopic (exact) mass is 240 g/mol. The van der Waals surface area contributed by atoms with Crippen LogP contribution in [0.15, 0.2) is 0 Å². The Labute approximate surface area is 101 Å². The van der Waals surface area contributed by atoms with Crippen molar-refractivity contribution in [2.75, 3.05) is 19.6 Å². The lowest BCUT2D eigenvalue weighted by atomic mass is 9.97. The van der Waals surface area contributed by atoms with Crippen LogP contribution in [0.4, 0.5) is 0 Å². The lowest BCUT2D eigenvalue weighted by molar-refractivity contribution is -0.141. The van der Waals surface area contributed by atoms with E-state index >= 15 is 0 Å². The number of hydrogen-bond donors (Lipinski definition) is 2. The summed E-state index contributed by atoms with van der Waals surface area (Å²) in [6.45, 7) is 2.46. The fraction of sp³-hybridized carbons (Fsp3) is 0.833. The maximum Gasteiger partial charge on any atom is 0.305 e. The summed E-state index contributed by atoms with van der Waals surface area (Å²) in [5.74, 6) is -0.601. The van der Waals surface area contributed by atoms with Gasteiger partial charge in [0.1, 0.15) is 0 Å². The van der Waals surface area contributed by atoms with Crippen LogP contribution in [0.5, 0.6) is 0 Å². The molecule has 0 aromatic carbocycles. The van der Waals surface area contributed by atoms with Crippen molar-refractivity contribution in [2.24, 2.45) is 5.92 Å². The number of hydrogen-bond acceptors (Lipinski definition) is 3. The van der Waals surface area contributed by atoms with Gasteiger partial charge in [-0.1, -0.05) is 0 Å². The minimum atomic E-state index is -0.809. The molecule has 2 aliphatic rings. The molecular formula is C12H20N2O3. The molecule has 96 valence electrons. The van der Waals surface area contributed by atoms with Gasteiger partial charge in [0, 0.05) is 19.1 Å². The first kappa shape index (κ1) is 12.4. The van der Waals surface area contributed by atoms with Crippen LogP contribution in [0, 0.1) is 5.92 Å². The van der Waals surface area contributed by atoms with Crippen molar-refractivity contribution in [3.05, 3.63) is 0 Å². The Morgan fingerprint density at radius 1 is 1.29 bits per heavy atom. The first-order chi connectivity index (χ1) is 8.18. The molecule has 0 bridgehead atoms. The van der Waals surface area contributed by atoms with Gasteiger partial charge in [-0.3, -0.25) is 9.59 Å². The molecule has 2 fully saturated rings. The van der Waals surface area contributed by atoms with Gasteiger partial charge in [0.2, 0.25) is 5.91 Å². The topological polar surface area (TPSA) is 69.6 Å². The van der Waals surface area contributed by atoms with Gasteiger partial charge in [0.15, 0.2) is 0 Å². The molecule has 2 rings (SSSR count). The standard InChI is InChI=1S/C12H20N2O3/c15-11(16)7-10-4-2-6-14(10)12(17)9-3-1-5-13-8-9/h9-10,13H,1-8H2,(H,15,16)/t9-,10?/m1/s1. The highest BCUT2D eigenvalue weighted by molar-refractivity contribution is 5.80. The van der Waals surface area contributed by atoms with Crippen molar-refractivity contribution in [2.45, 2.75) is 38.1 Å². The predicted molar refractivity (Wildman–Crippen MR) is 62.6 cm³/mol. The van der Waals surface area contributed by atoms with E-state index < -0.39 is 5.97 Å². The van der Waals surface area contributed by atoms with Crippen LogP contribution in [0.3, 0.4) is 0 Å². The molecular weight excluding hydrogens is 220 g/mol. The van der Waals surface area contributed by atoms with E-state index in [1.165, 1.54) is 0 Å². The molecule has 0 aromatic heterocycles. The van der Waals surface area contributed by atoms with Gasteiger partial charge in [0.05, 0.1) is 12.3 Å². The van der Waals surface area contributed by atoms with Gasteiger partial charge < -0.3 is 15.3 Å². The Balaban J connectivity index is 1.94. The summed E-state index contributed by atoms with van der Waals surface area (Å²) in [6.07, 6.45) is 3.82. The molecule has 5 heteroatoms. The highest BCUT2D eigenvalue weighted by Gasteiger charge is 2.34. The predicted octanol–water partition coefficient (Wildman–Crippen LogP) is 0.452. The van der Waals surface area contributed by atoms with Crippen molar-refractivity contribution >= 4 is 11.9 Å². The van der Waals surface area contributed by atoms with Crippen LogP contribution in [-0.2, 0) is 9.59 Å². The zero-order valence-electron chi connectivity index (χ0n) is 10.0. The number of likely N-dealkylation sites (tertiary alicyclic amines) is 1. The van der Waals surface area contributed by atoms with Crippen molar-refractivity contribution in [1.29, 1.82) is 0 Å². The molecule has 1 unspecified atom stereocenters. The van der Waals surface area contributed by atoms with E-state index in [4.69, 9.17) is 5.11 Å². The number of piperidine rings is 1. The van der Waals surface area contributed by atoms with Gasteiger partial charge in [-0.25, -0.2) is 0 Å². The third-order valence-electron chi connectivity index (χ3n) is 3.72. The molecule has 2 aliphatic heterocycles. The molecule has 0 spiro atoms. The molecule has 2 N–H and O–H groups in total. The number of carboxylic acid groups (broad SMARTS) is 1. The van der Waals surface area contributed by atoms with E-state index in [0.717, 1.165) is 45.3 Å². The van der Waals surface area contributed by atoms with Crippen molar-refractivity contribution in [1.82, 2.24) is 10.2 Å². The van der Waals surface area contributed by atoms with Crippen molar-refractivity contribution in [3.63, 3.8) is 0 Å². The third-order valence-corrected chi connectivity index (χ3v) is 3.72. The average Bonchev–Trinajstić information content (AvgIpc) is 2.76. The SMILES string of the molecule is O=C(O)CC1CCCN1C(=O)[C@@H]1CCCNC1. The summed E-state index contributed by atoms with van der Waals surface area (Å²) in [7, 11) is 0. The lowest BCUT2D eigenvalue weighted by Gasteiger charge is -2.30. The van der Waals surface area contributed by atoms with Crippen molar-refractivity contribution < 1.29 is 14.7 Å². The molecule has 2 heterocycles. The van der Waals surface area contributed by atoms with Crippen molar-refractivity contribution in [3.8, 4) is 0 Å². The van der Waals surface area contributed by atoms with Crippen LogP contribution in [-0.4, -0.2) is 47.6 Å². The molecule has 0 aromatic rings. The van der Waals surface area contributed by atoms with Crippen LogP contribution in [0.1, 0.15) is 32.1 Å². The second-order valence-corrected chi connectivity index (χ2v) is 4.97. The largest absolute Gasteiger partial charge is 0.481 e. The lowest BCUT2D eigenvalue weighted by Crippen LogP contribution is -2.45. The minimum Gasteiger partial charge on any atom is -0.481 e. The molecule has 2 saturated heterocycles. The maximum atomic E-state index is 12.3. The molecule has 17 heavy (non-hydrogen) atoms. The van der Waals surface area contributed by atoms with E-state index in [1.54, 1.807) is 4.90 Å². The van der Waals surface area contributed by atoms with Crippen LogP contribution < -0.4 is 5.32 Å². The molecule has 5 nitrogen and oxygen atoms in total. The van der Waals surface area contributed by atoms with Crippen LogP contribution in [0.2, 0.25) is 0 Å². The zero-order chi connectivity index (χ0) is 12.3.